The lowest BCUT2D eigenvalue weighted by Gasteiger charge is -2.37. The molecule has 2 rings (SSSR count). The van der Waals surface area contributed by atoms with Crippen LogP contribution in [-0.4, -0.2) is 55.6 Å². The van der Waals surface area contributed by atoms with Crippen molar-refractivity contribution in [1.82, 2.24) is 9.80 Å². The van der Waals surface area contributed by atoms with Crippen LogP contribution in [0.3, 0.4) is 0 Å². The van der Waals surface area contributed by atoms with E-state index in [0.717, 1.165) is 18.5 Å². The van der Waals surface area contributed by atoms with Gasteiger partial charge < -0.3 is 15.5 Å². The summed E-state index contributed by atoms with van der Waals surface area (Å²) in [5.74, 6) is 0.746. The second kappa shape index (κ2) is 7.46. The quantitative estimate of drug-likeness (QED) is 0.785. The lowest BCUT2D eigenvalue weighted by atomic mass is 9.83. The summed E-state index contributed by atoms with van der Waals surface area (Å²) in [7, 11) is 2.31. The minimum absolute atomic E-state index is 0.746. The Morgan fingerprint density at radius 1 is 1.11 bits per heavy atom. The average molecular weight is 253 g/mol. The largest absolute Gasteiger partial charge is 0.330 e. The number of rotatable bonds is 6. The van der Waals surface area contributed by atoms with Crippen LogP contribution in [0.1, 0.15) is 44.9 Å². The SMILES string of the molecule is CN(CCCN1CCCC1)C1CCCCC1CN. The third-order valence-corrected chi connectivity index (χ3v) is 4.92. The van der Waals surface area contributed by atoms with E-state index in [1.54, 1.807) is 0 Å². The molecule has 1 heterocycles. The van der Waals surface area contributed by atoms with E-state index in [1.807, 2.05) is 0 Å². The first-order valence-electron chi connectivity index (χ1n) is 7.94. The lowest BCUT2D eigenvalue weighted by Crippen LogP contribution is -2.43. The van der Waals surface area contributed by atoms with Gasteiger partial charge in [0, 0.05) is 6.04 Å². The van der Waals surface area contributed by atoms with Crippen LogP contribution in [0.25, 0.3) is 0 Å². The molecule has 3 nitrogen and oxygen atoms in total. The Labute approximate surface area is 113 Å². The van der Waals surface area contributed by atoms with Gasteiger partial charge in [-0.3, -0.25) is 0 Å². The summed E-state index contributed by atoms with van der Waals surface area (Å²) in [6, 6.07) is 0.752. The zero-order chi connectivity index (χ0) is 12.8. The Hall–Kier alpha value is -0.120. The van der Waals surface area contributed by atoms with Gasteiger partial charge in [-0.25, -0.2) is 0 Å². The maximum atomic E-state index is 5.92. The van der Waals surface area contributed by atoms with E-state index in [-0.39, 0.29) is 0 Å². The van der Waals surface area contributed by atoms with Crippen molar-refractivity contribution in [3.8, 4) is 0 Å². The van der Waals surface area contributed by atoms with E-state index in [2.05, 4.69) is 16.8 Å². The fourth-order valence-electron chi connectivity index (χ4n) is 3.76. The van der Waals surface area contributed by atoms with Crippen LogP contribution >= 0.6 is 0 Å². The monoisotopic (exact) mass is 253 g/mol. The Kier molecular flexibility index (Phi) is 5.93. The molecule has 0 spiro atoms. The first kappa shape index (κ1) is 14.3. The van der Waals surface area contributed by atoms with Gasteiger partial charge in [0.2, 0.25) is 0 Å². The number of nitrogens with two attached hydrogens (primary N) is 1. The highest BCUT2D eigenvalue weighted by Crippen LogP contribution is 2.27. The molecule has 0 aromatic carbocycles. The highest BCUT2D eigenvalue weighted by Gasteiger charge is 2.26. The molecule has 106 valence electrons. The second-order valence-corrected chi connectivity index (χ2v) is 6.23. The molecule has 1 saturated heterocycles. The normalized spacial score (nSPS) is 30.2. The van der Waals surface area contributed by atoms with E-state index in [1.165, 1.54) is 71.1 Å². The van der Waals surface area contributed by atoms with E-state index in [4.69, 9.17) is 5.73 Å². The molecule has 2 fully saturated rings. The number of hydrogen-bond acceptors (Lipinski definition) is 3. The standard InChI is InChI=1S/C15H31N3/c1-17(9-6-12-18-10-4-5-11-18)15-8-3-2-7-14(15)13-16/h14-15H,2-13,16H2,1H3. The van der Waals surface area contributed by atoms with Crippen LogP contribution in [0.4, 0.5) is 0 Å². The fraction of sp³-hybridized carbons (Fsp3) is 1.00. The predicted octanol–water partition coefficient (Wildman–Crippen LogP) is 1.92. The smallest absolute Gasteiger partial charge is 0.0132 e. The molecule has 1 aliphatic carbocycles. The van der Waals surface area contributed by atoms with Crippen LogP contribution in [-0.2, 0) is 0 Å². The third kappa shape index (κ3) is 3.94. The summed E-state index contributed by atoms with van der Waals surface area (Å²) >= 11 is 0. The molecule has 2 atom stereocenters. The fourth-order valence-corrected chi connectivity index (χ4v) is 3.76. The summed E-state index contributed by atoms with van der Waals surface area (Å²) in [6.07, 6.45) is 9.64. The van der Waals surface area contributed by atoms with Gasteiger partial charge in [-0.05, 0) is 77.8 Å². The molecule has 2 unspecified atom stereocenters. The number of nitrogens with zero attached hydrogens (tertiary/aromatic N) is 2. The Balaban J connectivity index is 1.67. The summed E-state index contributed by atoms with van der Waals surface area (Å²) in [6.45, 7) is 6.08. The van der Waals surface area contributed by atoms with Gasteiger partial charge in [-0.1, -0.05) is 12.8 Å². The van der Waals surface area contributed by atoms with Crippen molar-refractivity contribution in [2.45, 2.75) is 51.0 Å². The van der Waals surface area contributed by atoms with Crippen molar-refractivity contribution < 1.29 is 0 Å². The van der Waals surface area contributed by atoms with E-state index in [0.29, 0.717) is 0 Å². The summed E-state index contributed by atoms with van der Waals surface area (Å²) in [5, 5.41) is 0. The van der Waals surface area contributed by atoms with Crippen molar-refractivity contribution in [3.05, 3.63) is 0 Å². The summed E-state index contributed by atoms with van der Waals surface area (Å²) in [5.41, 5.74) is 5.92. The predicted molar refractivity (Wildman–Crippen MR) is 77.7 cm³/mol. The maximum absolute atomic E-state index is 5.92. The van der Waals surface area contributed by atoms with E-state index in [9.17, 15) is 0 Å². The van der Waals surface area contributed by atoms with Crippen LogP contribution in [0.15, 0.2) is 0 Å². The third-order valence-electron chi connectivity index (χ3n) is 4.92. The second-order valence-electron chi connectivity index (χ2n) is 6.23. The molecule has 3 heteroatoms. The molecule has 18 heavy (non-hydrogen) atoms. The Morgan fingerprint density at radius 2 is 1.83 bits per heavy atom. The van der Waals surface area contributed by atoms with Crippen LogP contribution in [0, 0.1) is 5.92 Å². The number of likely N-dealkylation sites (tertiary alicyclic amines) is 1. The molecule has 0 aromatic heterocycles. The van der Waals surface area contributed by atoms with Crippen molar-refractivity contribution in [1.29, 1.82) is 0 Å². The van der Waals surface area contributed by atoms with Crippen LogP contribution in [0.5, 0.6) is 0 Å². The molecule has 0 bridgehead atoms. The zero-order valence-corrected chi connectivity index (χ0v) is 12.1. The summed E-state index contributed by atoms with van der Waals surface area (Å²) in [4.78, 5) is 5.21. The average Bonchev–Trinajstić information content (AvgIpc) is 2.91. The molecule has 0 radical (unpaired) electrons. The highest BCUT2D eigenvalue weighted by atomic mass is 15.2. The Morgan fingerprint density at radius 3 is 2.56 bits per heavy atom. The molecule has 1 saturated carbocycles. The first-order valence-corrected chi connectivity index (χ1v) is 7.94. The van der Waals surface area contributed by atoms with E-state index < -0.39 is 0 Å². The molecular formula is C15H31N3. The van der Waals surface area contributed by atoms with Gasteiger partial charge in [0.25, 0.3) is 0 Å². The molecule has 2 N–H and O–H groups in total. The maximum Gasteiger partial charge on any atom is 0.0132 e. The molecular weight excluding hydrogens is 222 g/mol. The molecule has 1 aliphatic heterocycles. The Bertz CT molecular complexity index is 226. The summed E-state index contributed by atoms with van der Waals surface area (Å²) < 4.78 is 0. The molecule has 2 aliphatic rings. The number of hydrogen-bond donors (Lipinski definition) is 1. The highest BCUT2D eigenvalue weighted by molar-refractivity contribution is 4.82. The molecule has 0 amide bonds. The van der Waals surface area contributed by atoms with Crippen molar-refractivity contribution in [2.24, 2.45) is 11.7 Å². The van der Waals surface area contributed by atoms with Gasteiger partial charge in [0.1, 0.15) is 0 Å². The van der Waals surface area contributed by atoms with Crippen molar-refractivity contribution in [3.63, 3.8) is 0 Å². The van der Waals surface area contributed by atoms with Gasteiger partial charge in [-0.15, -0.1) is 0 Å². The first-order chi connectivity index (χ1) is 8.81. The van der Waals surface area contributed by atoms with E-state index >= 15 is 0 Å². The van der Waals surface area contributed by atoms with Crippen molar-refractivity contribution >= 4 is 0 Å². The van der Waals surface area contributed by atoms with Gasteiger partial charge in [-0.2, -0.15) is 0 Å². The topological polar surface area (TPSA) is 32.5 Å². The lowest BCUT2D eigenvalue weighted by molar-refractivity contribution is 0.128. The minimum Gasteiger partial charge on any atom is -0.330 e. The van der Waals surface area contributed by atoms with Gasteiger partial charge >= 0.3 is 0 Å². The van der Waals surface area contributed by atoms with Crippen molar-refractivity contribution in [2.75, 3.05) is 39.8 Å². The minimum atomic E-state index is 0.746. The van der Waals surface area contributed by atoms with Crippen LogP contribution < -0.4 is 5.73 Å². The zero-order valence-electron chi connectivity index (χ0n) is 12.1. The van der Waals surface area contributed by atoms with Gasteiger partial charge in [0.05, 0.1) is 0 Å². The van der Waals surface area contributed by atoms with Gasteiger partial charge in [0.15, 0.2) is 0 Å². The molecule has 0 aromatic rings. The van der Waals surface area contributed by atoms with Crippen LogP contribution in [0.2, 0.25) is 0 Å².